The summed E-state index contributed by atoms with van der Waals surface area (Å²) >= 11 is 1.72. The molecule has 0 radical (unpaired) electrons. The van der Waals surface area contributed by atoms with Crippen LogP contribution in [-0.2, 0) is 12.8 Å². The lowest BCUT2D eigenvalue weighted by molar-refractivity contribution is 0.498. The first-order valence-electron chi connectivity index (χ1n) is 6.38. The van der Waals surface area contributed by atoms with Crippen LogP contribution in [0.1, 0.15) is 17.4 Å². The number of thiophene rings is 1. The number of hydrogen-bond acceptors (Lipinski definition) is 2. The summed E-state index contributed by atoms with van der Waals surface area (Å²) in [5, 5.41) is 5.45. The molecule has 1 aromatic heterocycles. The first-order valence-corrected chi connectivity index (χ1v) is 7.26. The van der Waals surface area contributed by atoms with E-state index in [9.17, 15) is 8.78 Å². The van der Waals surface area contributed by atoms with Gasteiger partial charge in [-0.15, -0.1) is 11.3 Å². The predicted octanol–water partition coefficient (Wildman–Crippen LogP) is 3.79. The summed E-state index contributed by atoms with van der Waals surface area (Å²) < 4.78 is 26.1. The number of hydrogen-bond donors (Lipinski definition) is 1. The van der Waals surface area contributed by atoms with Crippen LogP contribution in [0.5, 0.6) is 0 Å². The van der Waals surface area contributed by atoms with Gasteiger partial charge >= 0.3 is 0 Å². The van der Waals surface area contributed by atoms with E-state index in [0.717, 1.165) is 18.5 Å². The molecule has 2 rings (SSSR count). The molecule has 4 heteroatoms. The van der Waals surface area contributed by atoms with Crippen LogP contribution in [0.25, 0.3) is 0 Å². The van der Waals surface area contributed by atoms with Gasteiger partial charge in [-0.1, -0.05) is 19.1 Å². The van der Waals surface area contributed by atoms with Crippen LogP contribution in [-0.4, -0.2) is 12.6 Å². The highest BCUT2D eigenvalue weighted by atomic mass is 32.1. The Morgan fingerprint density at radius 1 is 1.16 bits per heavy atom. The number of nitrogens with one attached hydrogen (secondary N) is 1. The summed E-state index contributed by atoms with van der Waals surface area (Å²) in [4.78, 5) is 1.30. The monoisotopic (exact) mass is 281 g/mol. The van der Waals surface area contributed by atoms with Crippen LogP contribution in [0.4, 0.5) is 8.78 Å². The van der Waals surface area contributed by atoms with Gasteiger partial charge in [-0.3, -0.25) is 0 Å². The summed E-state index contributed by atoms with van der Waals surface area (Å²) in [6.07, 6.45) is 1.60. The second-order valence-corrected chi connectivity index (χ2v) is 5.52. The maximum absolute atomic E-state index is 13.2. The van der Waals surface area contributed by atoms with E-state index >= 15 is 0 Å². The maximum atomic E-state index is 13.2. The topological polar surface area (TPSA) is 12.0 Å². The zero-order valence-corrected chi connectivity index (χ0v) is 11.6. The van der Waals surface area contributed by atoms with Gasteiger partial charge in [0.2, 0.25) is 0 Å². The van der Waals surface area contributed by atoms with Gasteiger partial charge in [0.15, 0.2) is 11.6 Å². The van der Waals surface area contributed by atoms with Crippen molar-refractivity contribution in [3.63, 3.8) is 0 Å². The first-order chi connectivity index (χ1) is 9.19. The summed E-state index contributed by atoms with van der Waals surface area (Å²) in [5.74, 6) is -1.56. The van der Waals surface area contributed by atoms with Crippen LogP contribution in [0.15, 0.2) is 35.7 Å². The van der Waals surface area contributed by atoms with Crippen molar-refractivity contribution >= 4 is 11.3 Å². The molecule has 0 aliphatic rings. The highest BCUT2D eigenvalue weighted by molar-refractivity contribution is 7.09. The predicted molar refractivity (Wildman–Crippen MR) is 75.5 cm³/mol. The SMILES string of the molecule is CCNC(Cc1ccc(F)c(F)c1)Cc1cccs1. The van der Waals surface area contributed by atoms with Crippen molar-refractivity contribution < 1.29 is 8.78 Å². The van der Waals surface area contributed by atoms with E-state index in [4.69, 9.17) is 0 Å². The summed E-state index contributed by atoms with van der Waals surface area (Å²) in [6, 6.07) is 8.50. The molecule has 1 heterocycles. The highest BCUT2D eigenvalue weighted by Crippen LogP contribution is 2.15. The lowest BCUT2D eigenvalue weighted by Crippen LogP contribution is -2.32. The molecule has 0 bridgehead atoms. The van der Waals surface area contributed by atoms with Gasteiger partial charge in [-0.05, 0) is 48.5 Å². The number of halogens is 2. The summed E-state index contributed by atoms with van der Waals surface area (Å²) in [7, 11) is 0. The normalized spacial score (nSPS) is 12.6. The fourth-order valence-corrected chi connectivity index (χ4v) is 2.91. The van der Waals surface area contributed by atoms with Gasteiger partial charge in [0.1, 0.15) is 0 Å². The molecular formula is C15H17F2NS. The fourth-order valence-electron chi connectivity index (χ4n) is 2.13. The van der Waals surface area contributed by atoms with Crippen molar-refractivity contribution in [2.24, 2.45) is 0 Å². The van der Waals surface area contributed by atoms with E-state index in [1.165, 1.54) is 17.0 Å². The second kappa shape index (κ2) is 6.78. The second-order valence-electron chi connectivity index (χ2n) is 4.49. The Bertz CT molecular complexity index is 511. The van der Waals surface area contributed by atoms with E-state index in [2.05, 4.69) is 16.8 Å². The zero-order valence-electron chi connectivity index (χ0n) is 10.8. The van der Waals surface area contributed by atoms with Crippen LogP contribution in [0.3, 0.4) is 0 Å². The van der Waals surface area contributed by atoms with Gasteiger partial charge in [-0.25, -0.2) is 8.78 Å². The Kier molecular flexibility index (Phi) is 5.05. The van der Waals surface area contributed by atoms with Gasteiger partial charge in [0, 0.05) is 10.9 Å². The minimum absolute atomic E-state index is 0.244. The molecular weight excluding hydrogens is 264 g/mol. The van der Waals surface area contributed by atoms with E-state index < -0.39 is 11.6 Å². The van der Waals surface area contributed by atoms with Crippen molar-refractivity contribution in [2.75, 3.05) is 6.54 Å². The molecule has 1 unspecified atom stereocenters. The average molecular weight is 281 g/mol. The lowest BCUT2D eigenvalue weighted by Gasteiger charge is -2.17. The fraction of sp³-hybridized carbons (Fsp3) is 0.333. The van der Waals surface area contributed by atoms with Gasteiger partial charge in [0.05, 0.1) is 0 Å². The number of rotatable bonds is 6. The van der Waals surface area contributed by atoms with Crippen LogP contribution >= 0.6 is 11.3 Å². The van der Waals surface area contributed by atoms with Crippen LogP contribution in [0, 0.1) is 11.6 Å². The minimum atomic E-state index is -0.790. The lowest BCUT2D eigenvalue weighted by atomic mass is 10.0. The molecule has 1 atom stereocenters. The third-order valence-corrected chi connectivity index (χ3v) is 3.89. The van der Waals surface area contributed by atoms with Crippen LogP contribution in [0.2, 0.25) is 0 Å². The molecule has 1 nitrogen and oxygen atoms in total. The van der Waals surface area contributed by atoms with Gasteiger partial charge in [-0.2, -0.15) is 0 Å². The molecule has 19 heavy (non-hydrogen) atoms. The molecule has 0 saturated heterocycles. The zero-order chi connectivity index (χ0) is 13.7. The smallest absolute Gasteiger partial charge is 0.159 e. The van der Waals surface area contributed by atoms with Crippen molar-refractivity contribution in [3.8, 4) is 0 Å². The van der Waals surface area contributed by atoms with E-state index in [-0.39, 0.29) is 6.04 Å². The molecule has 1 N–H and O–H groups in total. The highest BCUT2D eigenvalue weighted by Gasteiger charge is 2.11. The molecule has 0 fully saturated rings. The molecule has 2 aromatic rings. The Balaban J connectivity index is 2.05. The molecule has 0 spiro atoms. The Morgan fingerprint density at radius 2 is 2.00 bits per heavy atom. The summed E-state index contributed by atoms with van der Waals surface area (Å²) in [6.45, 7) is 2.91. The standard InChI is InChI=1S/C15H17F2NS/c1-2-18-12(10-13-4-3-7-19-13)8-11-5-6-14(16)15(17)9-11/h3-7,9,12,18H,2,8,10H2,1H3. The van der Waals surface area contributed by atoms with E-state index in [1.807, 2.05) is 13.0 Å². The Labute approximate surface area is 116 Å². The molecule has 0 amide bonds. The van der Waals surface area contributed by atoms with Gasteiger partial charge in [0.25, 0.3) is 0 Å². The minimum Gasteiger partial charge on any atom is -0.314 e. The van der Waals surface area contributed by atoms with Crippen molar-refractivity contribution in [1.29, 1.82) is 0 Å². The summed E-state index contributed by atoms with van der Waals surface area (Å²) in [5.41, 5.74) is 0.821. The van der Waals surface area contributed by atoms with Crippen molar-refractivity contribution in [1.82, 2.24) is 5.32 Å². The first kappa shape index (κ1) is 14.2. The molecule has 0 aliphatic carbocycles. The molecule has 0 saturated carbocycles. The quantitative estimate of drug-likeness (QED) is 0.849. The van der Waals surface area contributed by atoms with Crippen molar-refractivity contribution in [2.45, 2.75) is 25.8 Å². The van der Waals surface area contributed by atoms with E-state index in [0.29, 0.717) is 6.42 Å². The third-order valence-electron chi connectivity index (χ3n) is 2.99. The molecule has 0 aliphatic heterocycles. The maximum Gasteiger partial charge on any atom is 0.159 e. The largest absolute Gasteiger partial charge is 0.314 e. The average Bonchev–Trinajstić information content (AvgIpc) is 2.87. The van der Waals surface area contributed by atoms with Crippen molar-refractivity contribution in [3.05, 3.63) is 57.8 Å². The molecule has 1 aromatic carbocycles. The number of benzene rings is 1. The Hall–Kier alpha value is -1.26. The Morgan fingerprint density at radius 3 is 2.63 bits per heavy atom. The number of likely N-dealkylation sites (N-methyl/N-ethyl adjacent to an activating group) is 1. The van der Waals surface area contributed by atoms with Crippen LogP contribution < -0.4 is 5.32 Å². The molecule has 102 valence electrons. The van der Waals surface area contributed by atoms with E-state index in [1.54, 1.807) is 17.4 Å². The third kappa shape index (κ3) is 4.11. The van der Waals surface area contributed by atoms with Gasteiger partial charge < -0.3 is 5.32 Å².